The van der Waals surface area contributed by atoms with Crippen molar-refractivity contribution in [2.24, 2.45) is 0 Å². The summed E-state index contributed by atoms with van der Waals surface area (Å²) in [6.07, 6.45) is -4.24. The molecule has 9 nitrogen and oxygen atoms in total. The molecule has 12 heteroatoms. The number of alkyl halides is 3. The fourth-order valence-electron chi connectivity index (χ4n) is 2.48. The van der Waals surface area contributed by atoms with Gasteiger partial charge in [0.05, 0.1) is 12.1 Å². The maximum absolute atomic E-state index is 12.3. The van der Waals surface area contributed by atoms with E-state index in [2.05, 4.69) is 16.1 Å². The van der Waals surface area contributed by atoms with Crippen molar-refractivity contribution in [3.63, 3.8) is 0 Å². The number of hydrazine groups is 1. The molecular formula is C17H20F3N5O4. The fraction of sp³-hybridized carbons (Fsp3) is 0.412. The Morgan fingerprint density at radius 2 is 1.86 bits per heavy atom. The highest BCUT2D eigenvalue weighted by Crippen LogP contribution is 2.19. The lowest BCUT2D eigenvalue weighted by Gasteiger charge is -2.19. The maximum Gasteiger partial charge on any atom is 0.405 e. The van der Waals surface area contributed by atoms with Crippen LogP contribution in [0.15, 0.2) is 24.3 Å². The van der Waals surface area contributed by atoms with Gasteiger partial charge in [-0.3, -0.25) is 19.8 Å². The van der Waals surface area contributed by atoms with Gasteiger partial charge in [-0.1, -0.05) is 19.1 Å². The van der Waals surface area contributed by atoms with Gasteiger partial charge in [-0.2, -0.15) is 18.2 Å². The van der Waals surface area contributed by atoms with Gasteiger partial charge in [0.15, 0.2) is 0 Å². The summed E-state index contributed by atoms with van der Waals surface area (Å²) >= 11 is 0. The van der Waals surface area contributed by atoms with Crippen LogP contribution in [0.4, 0.5) is 23.7 Å². The van der Waals surface area contributed by atoms with Crippen molar-refractivity contribution >= 4 is 29.4 Å². The molecule has 1 fully saturated rings. The number of para-hydroxylation sites is 1. The number of halogens is 3. The summed E-state index contributed by atoms with van der Waals surface area (Å²) in [7, 11) is 0. The Hall–Kier alpha value is -3.31. The Balaban J connectivity index is 1.98. The minimum atomic E-state index is -4.56. The zero-order valence-corrected chi connectivity index (χ0v) is 15.6. The van der Waals surface area contributed by atoms with Crippen LogP contribution in [-0.2, 0) is 9.59 Å². The van der Waals surface area contributed by atoms with E-state index in [1.54, 1.807) is 12.2 Å². The number of hydrogen-bond donors (Lipinski definition) is 4. The lowest BCUT2D eigenvalue weighted by molar-refractivity contribution is -0.138. The van der Waals surface area contributed by atoms with E-state index in [4.69, 9.17) is 0 Å². The van der Waals surface area contributed by atoms with Gasteiger partial charge in [-0.25, -0.2) is 4.79 Å². The first kappa shape index (κ1) is 22.0. The minimum absolute atomic E-state index is 0.0990. The zero-order valence-electron chi connectivity index (χ0n) is 15.6. The van der Waals surface area contributed by atoms with Gasteiger partial charge in [-0.15, -0.1) is 0 Å². The van der Waals surface area contributed by atoms with Gasteiger partial charge < -0.3 is 16.0 Å². The normalized spacial score (nSPS) is 19.0. The summed E-state index contributed by atoms with van der Waals surface area (Å²) in [5, 5.41) is 7.38. The van der Waals surface area contributed by atoms with E-state index in [1.807, 2.05) is 0 Å². The SMILES string of the molecule is CCC1(C)NC(=O)N(NC(=O)CNc2ccccc2C(=O)NCC(F)(F)F)C1=O. The molecule has 1 saturated heterocycles. The molecule has 0 saturated carbocycles. The monoisotopic (exact) mass is 415 g/mol. The zero-order chi connectivity index (χ0) is 21.8. The number of amides is 5. The Morgan fingerprint density at radius 1 is 1.21 bits per heavy atom. The molecule has 1 heterocycles. The summed E-state index contributed by atoms with van der Waals surface area (Å²) in [4.78, 5) is 48.2. The second kappa shape index (κ2) is 8.37. The molecule has 5 amide bonds. The molecule has 0 bridgehead atoms. The van der Waals surface area contributed by atoms with Crippen LogP contribution in [0.5, 0.6) is 0 Å². The molecule has 4 N–H and O–H groups in total. The number of hydrogen-bond acceptors (Lipinski definition) is 5. The summed E-state index contributed by atoms with van der Waals surface area (Å²) in [5.74, 6) is -2.36. The number of benzene rings is 1. The second-order valence-electron chi connectivity index (χ2n) is 6.49. The quantitative estimate of drug-likeness (QED) is 0.498. The van der Waals surface area contributed by atoms with Gasteiger partial charge in [-0.05, 0) is 25.5 Å². The van der Waals surface area contributed by atoms with Gasteiger partial charge in [0.1, 0.15) is 12.1 Å². The molecule has 158 valence electrons. The molecule has 0 aliphatic carbocycles. The van der Waals surface area contributed by atoms with E-state index >= 15 is 0 Å². The number of carbonyl (C=O) groups is 4. The lowest BCUT2D eigenvalue weighted by Crippen LogP contribution is -2.50. The number of urea groups is 1. The van der Waals surface area contributed by atoms with Crippen LogP contribution < -0.4 is 21.4 Å². The number of rotatable bonds is 7. The van der Waals surface area contributed by atoms with E-state index in [9.17, 15) is 32.3 Å². The summed E-state index contributed by atoms with van der Waals surface area (Å²) < 4.78 is 36.8. The van der Waals surface area contributed by atoms with Crippen LogP contribution in [0.25, 0.3) is 0 Å². The van der Waals surface area contributed by atoms with Crippen molar-refractivity contribution in [2.45, 2.75) is 32.0 Å². The Morgan fingerprint density at radius 3 is 2.45 bits per heavy atom. The highest BCUT2D eigenvalue weighted by molar-refractivity contribution is 6.08. The van der Waals surface area contributed by atoms with Crippen molar-refractivity contribution in [3.05, 3.63) is 29.8 Å². The summed E-state index contributed by atoms with van der Waals surface area (Å²) in [6, 6.07) is 4.88. The summed E-state index contributed by atoms with van der Waals surface area (Å²) in [5.41, 5.74) is 1.04. The van der Waals surface area contributed by atoms with E-state index in [1.165, 1.54) is 31.2 Å². The molecule has 1 aromatic carbocycles. The molecule has 2 rings (SSSR count). The van der Waals surface area contributed by atoms with Gasteiger partial charge in [0.25, 0.3) is 17.7 Å². The van der Waals surface area contributed by atoms with Crippen LogP contribution in [0.3, 0.4) is 0 Å². The highest BCUT2D eigenvalue weighted by atomic mass is 19.4. The highest BCUT2D eigenvalue weighted by Gasteiger charge is 2.47. The first-order chi connectivity index (χ1) is 13.5. The van der Waals surface area contributed by atoms with Crippen LogP contribution in [0.1, 0.15) is 30.6 Å². The first-order valence-electron chi connectivity index (χ1n) is 8.61. The largest absolute Gasteiger partial charge is 0.405 e. The second-order valence-corrected chi connectivity index (χ2v) is 6.49. The Bertz CT molecular complexity index is 830. The number of anilines is 1. The molecule has 1 unspecified atom stereocenters. The molecule has 1 aromatic rings. The van der Waals surface area contributed by atoms with Crippen LogP contribution in [0, 0.1) is 0 Å². The third-order valence-electron chi connectivity index (χ3n) is 4.27. The van der Waals surface area contributed by atoms with Crippen LogP contribution in [0.2, 0.25) is 0 Å². The number of imide groups is 1. The number of nitrogens with one attached hydrogen (secondary N) is 4. The molecule has 0 spiro atoms. The smallest absolute Gasteiger partial charge is 0.375 e. The van der Waals surface area contributed by atoms with Crippen molar-refractivity contribution < 1.29 is 32.3 Å². The van der Waals surface area contributed by atoms with Crippen molar-refractivity contribution in [2.75, 3.05) is 18.4 Å². The fourth-order valence-corrected chi connectivity index (χ4v) is 2.48. The average Bonchev–Trinajstić information content (AvgIpc) is 2.87. The molecule has 1 aliphatic heterocycles. The average molecular weight is 415 g/mol. The van der Waals surface area contributed by atoms with Crippen molar-refractivity contribution in [1.29, 1.82) is 0 Å². The van der Waals surface area contributed by atoms with Crippen molar-refractivity contribution in [3.8, 4) is 0 Å². The van der Waals surface area contributed by atoms with E-state index < -0.39 is 48.6 Å². The number of nitrogens with zero attached hydrogens (tertiary/aromatic N) is 1. The third-order valence-corrected chi connectivity index (χ3v) is 4.27. The van der Waals surface area contributed by atoms with Crippen molar-refractivity contribution in [1.82, 2.24) is 21.1 Å². The van der Waals surface area contributed by atoms with E-state index in [0.29, 0.717) is 11.4 Å². The van der Waals surface area contributed by atoms with E-state index in [-0.39, 0.29) is 11.3 Å². The standard InChI is InChI=1S/C17H20F3N5O4/c1-3-16(2)14(28)25(15(29)23-16)24-12(26)8-21-11-7-5-4-6-10(11)13(27)22-9-17(18,19)20/h4-7,21H,3,8-9H2,1-2H3,(H,22,27)(H,23,29)(H,24,26). The molecule has 0 aromatic heterocycles. The Kier molecular flexibility index (Phi) is 6.34. The summed E-state index contributed by atoms with van der Waals surface area (Å²) in [6.45, 7) is 1.28. The number of carbonyl (C=O) groups excluding carboxylic acids is 4. The van der Waals surface area contributed by atoms with E-state index in [0.717, 1.165) is 0 Å². The third kappa shape index (κ3) is 5.36. The molecule has 29 heavy (non-hydrogen) atoms. The maximum atomic E-state index is 12.3. The predicted octanol–water partition coefficient (Wildman–Crippen LogP) is 1.14. The predicted molar refractivity (Wildman–Crippen MR) is 95.5 cm³/mol. The molecule has 1 atom stereocenters. The van der Waals surface area contributed by atoms with Gasteiger partial charge >= 0.3 is 12.2 Å². The lowest BCUT2D eigenvalue weighted by atomic mass is 10.00. The Labute approximate surface area is 164 Å². The topological polar surface area (TPSA) is 120 Å². The molecule has 1 aliphatic rings. The van der Waals surface area contributed by atoms with Gasteiger partial charge in [0, 0.05) is 5.69 Å². The van der Waals surface area contributed by atoms with Crippen LogP contribution >= 0.6 is 0 Å². The minimum Gasteiger partial charge on any atom is -0.375 e. The molecular weight excluding hydrogens is 395 g/mol. The molecule has 0 radical (unpaired) electrons. The van der Waals surface area contributed by atoms with Gasteiger partial charge in [0.2, 0.25) is 0 Å². The van der Waals surface area contributed by atoms with Crippen LogP contribution in [-0.4, -0.2) is 53.6 Å². The first-order valence-corrected chi connectivity index (χ1v) is 8.61.